The van der Waals surface area contributed by atoms with Crippen molar-refractivity contribution in [3.63, 3.8) is 0 Å². The Hall–Kier alpha value is -1.03. The van der Waals surface area contributed by atoms with Crippen LogP contribution in [0, 0.1) is 5.92 Å². The van der Waals surface area contributed by atoms with Crippen LogP contribution in [0.3, 0.4) is 0 Å². The third-order valence-corrected chi connectivity index (χ3v) is 3.51. The number of hydrogen-bond acceptors (Lipinski definition) is 1. The quantitative estimate of drug-likeness (QED) is 0.754. The van der Waals surface area contributed by atoms with Crippen LogP contribution in [0.15, 0.2) is 24.3 Å². The van der Waals surface area contributed by atoms with Crippen LogP contribution in [0.4, 0.5) is 13.2 Å². The third-order valence-electron chi connectivity index (χ3n) is 3.51. The maximum atomic E-state index is 12.5. The Morgan fingerprint density at radius 2 is 1.83 bits per heavy atom. The van der Waals surface area contributed by atoms with Gasteiger partial charge >= 0.3 is 6.18 Å². The maximum Gasteiger partial charge on any atom is 0.416 e. The second-order valence-corrected chi connectivity index (χ2v) is 4.92. The highest BCUT2D eigenvalue weighted by atomic mass is 19.4. The van der Waals surface area contributed by atoms with Gasteiger partial charge in [-0.3, -0.25) is 0 Å². The van der Waals surface area contributed by atoms with E-state index in [4.69, 9.17) is 4.74 Å². The lowest BCUT2D eigenvalue weighted by molar-refractivity contribution is -0.137. The largest absolute Gasteiger partial charge is 0.416 e. The molecule has 18 heavy (non-hydrogen) atoms. The van der Waals surface area contributed by atoms with E-state index in [0.29, 0.717) is 5.92 Å². The number of alkyl halides is 3. The van der Waals surface area contributed by atoms with Crippen molar-refractivity contribution in [1.82, 2.24) is 0 Å². The molecule has 1 nitrogen and oxygen atoms in total. The Morgan fingerprint density at radius 1 is 1.22 bits per heavy atom. The SMILES string of the molecule is CC[C@@H]1C[C@@H](C)[C@H](c2ccc(C(F)(F)F)cc2)O1. The van der Waals surface area contributed by atoms with Crippen LogP contribution in [-0.4, -0.2) is 6.10 Å². The van der Waals surface area contributed by atoms with E-state index in [1.54, 1.807) is 0 Å². The fourth-order valence-corrected chi connectivity index (χ4v) is 2.47. The minimum atomic E-state index is -4.27. The molecule has 4 heteroatoms. The van der Waals surface area contributed by atoms with Gasteiger partial charge in [-0.25, -0.2) is 0 Å². The number of rotatable bonds is 2. The fraction of sp³-hybridized carbons (Fsp3) is 0.571. The summed E-state index contributed by atoms with van der Waals surface area (Å²) in [6.07, 6.45) is -2.19. The van der Waals surface area contributed by atoms with Crippen LogP contribution in [0.25, 0.3) is 0 Å². The highest BCUT2D eigenvalue weighted by molar-refractivity contribution is 5.27. The van der Waals surface area contributed by atoms with Gasteiger partial charge in [0.1, 0.15) is 0 Å². The van der Waals surface area contributed by atoms with Gasteiger partial charge in [0.2, 0.25) is 0 Å². The summed E-state index contributed by atoms with van der Waals surface area (Å²) in [5.74, 6) is 0.353. The van der Waals surface area contributed by atoms with Crippen LogP contribution < -0.4 is 0 Å². The van der Waals surface area contributed by atoms with Crippen LogP contribution in [-0.2, 0) is 10.9 Å². The Morgan fingerprint density at radius 3 is 2.28 bits per heavy atom. The summed E-state index contributed by atoms with van der Waals surface area (Å²) < 4.78 is 43.2. The van der Waals surface area contributed by atoms with Gasteiger partial charge in [-0.2, -0.15) is 13.2 Å². The van der Waals surface area contributed by atoms with Crippen molar-refractivity contribution in [2.45, 2.75) is 45.1 Å². The summed E-state index contributed by atoms with van der Waals surface area (Å²) in [6, 6.07) is 5.32. The first kappa shape index (κ1) is 13.4. The second-order valence-electron chi connectivity index (χ2n) is 4.92. The van der Waals surface area contributed by atoms with Crippen LogP contribution >= 0.6 is 0 Å². The Balaban J connectivity index is 2.15. The van der Waals surface area contributed by atoms with Crippen LogP contribution in [0.5, 0.6) is 0 Å². The fourth-order valence-electron chi connectivity index (χ4n) is 2.47. The monoisotopic (exact) mass is 258 g/mol. The molecule has 3 atom stereocenters. The van der Waals surface area contributed by atoms with Gasteiger partial charge in [0.15, 0.2) is 0 Å². The predicted octanol–water partition coefficient (Wildman–Crippen LogP) is 4.58. The Kier molecular flexibility index (Phi) is 3.66. The van der Waals surface area contributed by atoms with Gasteiger partial charge in [-0.15, -0.1) is 0 Å². The predicted molar refractivity (Wildman–Crippen MR) is 63.1 cm³/mol. The van der Waals surface area contributed by atoms with E-state index in [1.165, 1.54) is 12.1 Å². The molecule has 0 N–H and O–H groups in total. The van der Waals surface area contributed by atoms with Crippen molar-refractivity contribution in [2.75, 3.05) is 0 Å². The Labute approximate surface area is 105 Å². The lowest BCUT2D eigenvalue weighted by Crippen LogP contribution is -2.08. The normalized spacial score (nSPS) is 28.6. The van der Waals surface area contributed by atoms with Gasteiger partial charge in [-0.1, -0.05) is 26.0 Å². The average Bonchev–Trinajstić information content (AvgIpc) is 2.70. The summed E-state index contributed by atoms with van der Waals surface area (Å²) >= 11 is 0. The number of hydrogen-bond donors (Lipinski definition) is 0. The first-order chi connectivity index (χ1) is 8.41. The van der Waals surface area contributed by atoms with Crippen molar-refractivity contribution < 1.29 is 17.9 Å². The molecule has 0 aromatic heterocycles. The minimum absolute atomic E-state index is 0.0720. The van der Waals surface area contributed by atoms with Crippen LogP contribution in [0.1, 0.15) is 43.9 Å². The van der Waals surface area contributed by atoms with Crippen LogP contribution in [0.2, 0.25) is 0 Å². The zero-order chi connectivity index (χ0) is 13.3. The lowest BCUT2D eigenvalue weighted by Gasteiger charge is -2.16. The van der Waals surface area contributed by atoms with E-state index in [0.717, 1.165) is 30.5 Å². The summed E-state index contributed by atoms with van der Waals surface area (Å²) in [7, 11) is 0. The zero-order valence-corrected chi connectivity index (χ0v) is 10.5. The maximum absolute atomic E-state index is 12.5. The van der Waals surface area contributed by atoms with E-state index in [1.807, 2.05) is 0 Å². The van der Waals surface area contributed by atoms with Crippen molar-refractivity contribution in [2.24, 2.45) is 5.92 Å². The second kappa shape index (κ2) is 4.92. The Bertz CT molecular complexity index is 396. The molecule has 0 aliphatic carbocycles. The molecule has 1 aliphatic rings. The first-order valence-electron chi connectivity index (χ1n) is 6.24. The average molecular weight is 258 g/mol. The topological polar surface area (TPSA) is 9.23 Å². The van der Waals surface area contributed by atoms with E-state index in [-0.39, 0.29) is 12.2 Å². The molecule has 100 valence electrons. The number of halogens is 3. The minimum Gasteiger partial charge on any atom is -0.370 e. The van der Waals surface area contributed by atoms with Gasteiger partial charge in [0.05, 0.1) is 17.8 Å². The van der Waals surface area contributed by atoms with Gasteiger partial charge in [-0.05, 0) is 36.5 Å². The molecule has 1 aromatic carbocycles. The lowest BCUT2D eigenvalue weighted by atomic mass is 9.95. The summed E-state index contributed by atoms with van der Waals surface area (Å²) in [4.78, 5) is 0. The third kappa shape index (κ3) is 2.69. The van der Waals surface area contributed by atoms with E-state index in [9.17, 15) is 13.2 Å². The van der Waals surface area contributed by atoms with E-state index >= 15 is 0 Å². The van der Waals surface area contributed by atoms with Crippen molar-refractivity contribution in [3.05, 3.63) is 35.4 Å². The molecular formula is C14H17F3O. The molecule has 2 rings (SSSR count). The molecule has 1 saturated heterocycles. The zero-order valence-electron chi connectivity index (χ0n) is 10.5. The highest BCUT2D eigenvalue weighted by Gasteiger charge is 2.34. The van der Waals surface area contributed by atoms with E-state index < -0.39 is 11.7 Å². The standard InChI is InChI=1S/C14H17F3O/c1-3-12-8-9(2)13(18-12)10-4-6-11(7-5-10)14(15,16)17/h4-7,9,12-13H,3,8H2,1-2H3/t9-,12-,13-/m1/s1. The van der Waals surface area contributed by atoms with Gasteiger partial charge in [0, 0.05) is 0 Å². The number of benzene rings is 1. The molecule has 0 radical (unpaired) electrons. The molecule has 1 fully saturated rings. The molecular weight excluding hydrogens is 241 g/mol. The molecule has 0 unspecified atom stereocenters. The van der Waals surface area contributed by atoms with Crippen molar-refractivity contribution in [3.8, 4) is 0 Å². The molecule has 0 bridgehead atoms. The number of ether oxygens (including phenoxy) is 1. The summed E-state index contributed by atoms with van der Waals surface area (Å²) in [6.45, 7) is 4.14. The van der Waals surface area contributed by atoms with Gasteiger partial charge in [0.25, 0.3) is 0 Å². The molecule has 1 aliphatic heterocycles. The van der Waals surface area contributed by atoms with E-state index in [2.05, 4.69) is 13.8 Å². The smallest absolute Gasteiger partial charge is 0.370 e. The molecule has 0 amide bonds. The van der Waals surface area contributed by atoms with Crippen molar-refractivity contribution >= 4 is 0 Å². The van der Waals surface area contributed by atoms with Gasteiger partial charge < -0.3 is 4.74 Å². The molecule has 1 aromatic rings. The molecule has 0 spiro atoms. The summed E-state index contributed by atoms with van der Waals surface area (Å²) in [5, 5.41) is 0. The highest BCUT2D eigenvalue weighted by Crippen LogP contribution is 2.39. The van der Waals surface area contributed by atoms with Crippen molar-refractivity contribution in [1.29, 1.82) is 0 Å². The summed E-state index contributed by atoms with van der Waals surface area (Å²) in [5.41, 5.74) is 0.232. The first-order valence-corrected chi connectivity index (χ1v) is 6.24. The molecule has 1 heterocycles. The molecule has 0 saturated carbocycles.